The monoisotopic (exact) mass is 539 g/mol. The predicted octanol–water partition coefficient (Wildman–Crippen LogP) is 4.94. The largest absolute Gasteiger partial charge is 0.370 e. The first-order valence-electron chi connectivity index (χ1n) is 8.65. The highest BCUT2D eigenvalue weighted by molar-refractivity contribution is 14.1. The Balaban J connectivity index is 1.87. The van der Waals surface area contributed by atoms with Crippen LogP contribution in [0.5, 0.6) is 0 Å². The van der Waals surface area contributed by atoms with Crippen LogP contribution in [0, 0.1) is 3.57 Å². The van der Waals surface area contributed by atoms with Crippen molar-refractivity contribution in [1.82, 2.24) is 14.5 Å². The first-order valence-corrected chi connectivity index (χ1v) is 11.0. The molecule has 1 aliphatic rings. The van der Waals surface area contributed by atoms with Gasteiger partial charge in [0.05, 0.1) is 15.8 Å². The highest BCUT2D eigenvalue weighted by Crippen LogP contribution is 2.41. The zero-order valence-corrected chi connectivity index (χ0v) is 18.3. The molecule has 3 aromatic rings. The maximum Gasteiger partial charge on any atom is 0.319 e. The minimum atomic E-state index is -2.80. The molecule has 3 aromatic heterocycles. The van der Waals surface area contributed by atoms with E-state index >= 15 is 0 Å². The predicted molar refractivity (Wildman–Crippen MR) is 114 cm³/mol. The third-order valence-electron chi connectivity index (χ3n) is 4.63. The van der Waals surface area contributed by atoms with Crippen LogP contribution in [-0.2, 0) is 11.3 Å². The summed E-state index contributed by atoms with van der Waals surface area (Å²) in [6, 6.07) is 3.51. The fourth-order valence-corrected chi connectivity index (χ4v) is 5.17. The number of halogens is 4. The molecule has 0 saturated carbocycles. The van der Waals surface area contributed by atoms with E-state index in [0.29, 0.717) is 34.4 Å². The van der Waals surface area contributed by atoms with Crippen LogP contribution in [0.2, 0.25) is 5.28 Å². The van der Waals surface area contributed by atoms with Gasteiger partial charge in [-0.1, -0.05) is 6.07 Å². The summed E-state index contributed by atoms with van der Waals surface area (Å²) >= 11 is 9.67. The first-order chi connectivity index (χ1) is 13.5. The summed E-state index contributed by atoms with van der Waals surface area (Å²) in [5.41, 5.74) is 7.10. The number of alkyl halides is 2. The molecule has 0 aliphatic carbocycles. The lowest BCUT2D eigenvalue weighted by Gasteiger charge is -2.30. The van der Waals surface area contributed by atoms with Crippen molar-refractivity contribution in [3.05, 3.63) is 36.9 Å². The average molecular weight is 540 g/mol. The Bertz CT molecular complexity index is 984. The number of hydrogen-bond donors (Lipinski definition) is 2. The third-order valence-corrected chi connectivity index (χ3v) is 6.74. The number of ether oxygens (including phenoxy) is 1. The van der Waals surface area contributed by atoms with Crippen molar-refractivity contribution in [1.29, 1.82) is 0 Å². The molecule has 0 radical (unpaired) electrons. The second-order valence-electron chi connectivity index (χ2n) is 6.42. The highest BCUT2D eigenvalue weighted by atomic mass is 127. The van der Waals surface area contributed by atoms with Gasteiger partial charge < -0.3 is 15.8 Å². The second-order valence-corrected chi connectivity index (χ2v) is 8.86. The molecule has 150 valence electrons. The van der Waals surface area contributed by atoms with Gasteiger partial charge in [-0.05, 0) is 58.5 Å². The van der Waals surface area contributed by atoms with Crippen LogP contribution in [0.1, 0.15) is 36.1 Å². The second kappa shape index (κ2) is 8.34. The van der Waals surface area contributed by atoms with Crippen LogP contribution < -0.4 is 11.1 Å². The number of fused-ring (bicyclic) bond motifs is 1. The number of anilines is 1. The molecule has 2 atom stereocenters. The number of aromatic nitrogens is 3. The van der Waals surface area contributed by atoms with E-state index in [2.05, 4.69) is 15.3 Å². The Hall–Kier alpha value is -1.08. The normalized spacial score (nSPS) is 20.2. The van der Waals surface area contributed by atoms with E-state index in [9.17, 15) is 8.78 Å². The summed E-state index contributed by atoms with van der Waals surface area (Å²) in [6.45, 7) is -1.87. The summed E-state index contributed by atoms with van der Waals surface area (Å²) < 4.78 is 35.7. The van der Waals surface area contributed by atoms with Crippen molar-refractivity contribution in [2.24, 2.45) is 5.73 Å². The smallest absolute Gasteiger partial charge is 0.319 e. The minimum absolute atomic E-state index is 0.00840. The lowest BCUT2D eigenvalue weighted by molar-refractivity contribution is -0.0147. The van der Waals surface area contributed by atoms with E-state index in [1.165, 1.54) is 0 Å². The van der Waals surface area contributed by atoms with Crippen LogP contribution in [-0.4, -0.2) is 27.2 Å². The number of nitrogens with two attached hydrogens (primary N) is 1. The maximum atomic E-state index is 14.2. The lowest BCUT2D eigenvalue weighted by Crippen LogP contribution is -2.36. The van der Waals surface area contributed by atoms with Crippen molar-refractivity contribution in [3.63, 3.8) is 0 Å². The Morgan fingerprint density at radius 2 is 2.29 bits per heavy atom. The van der Waals surface area contributed by atoms with Gasteiger partial charge in [0.1, 0.15) is 17.1 Å². The molecule has 4 rings (SSSR count). The highest BCUT2D eigenvalue weighted by Gasteiger charge is 2.35. The summed E-state index contributed by atoms with van der Waals surface area (Å²) in [6.07, 6.45) is 0.886. The molecular weight excluding hydrogens is 523 g/mol. The first kappa shape index (κ1) is 20.2. The topological polar surface area (TPSA) is 78.0 Å². The van der Waals surface area contributed by atoms with E-state index < -0.39 is 12.7 Å². The molecule has 3 N–H and O–H groups in total. The standard InChI is InChI=1S/C17H17ClF2IN5OS/c18-16-24-11-10(21)12(14-9(22)4-1-5-27-14)26(17(19)20)13(11)15(25-16)23-7-8-3-2-6-28-8/h2-3,6,9,14,17H,1,4-5,7,22H2,(H,23,24,25)/t9-,14-/m0/s1. The molecule has 4 heterocycles. The van der Waals surface area contributed by atoms with Crippen LogP contribution in [0.4, 0.5) is 14.6 Å². The van der Waals surface area contributed by atoms with E-state index in [0.717, 1.165) is 15.9 Å². The zero-order valence-electron chi connectivity index (χ0n) is 14.5. The van der Waals surface area contributed by atoms with E-state index in [1.54, 1.807) is 11.3 Å². The third kappa shape index (κ3) is 3.72. The van der Waals surface area contributed by atoms with Gasteiger partial charge in [0.2, 0.25) is 5.28 Å². The van der Waals surface area contributed by atoms with Crippen molar-refractivity contribution in [2.45, 2.75) is 38.1 Å². The maximum absolute atomic E-state index is 14.2. The van der Waals surface area contributed by atoms with Crippen molar-refractivity contribution in [2.75, 3.05) is 11.9 Å². The summed E-state index contributed by atoms with van der Waals surface area (Å²) in [7, 11) is 0. The molecule has 6 nitrogen and oxygen atoms in total. The van der Waals surface area contributed by atoms with E-state index in [4.69, 9.17) is 22.1 Å². The lowest BCUT2D eigenvalue weighted by atomic mass is 10.0. The number of nitrogens with zero attached hydrogens (tertiary/aromatic N) is 3. The minimum Gasteiger partial charge on any atom is -0.370 e. The number of hydrogen-bond acceptors (Lipinski definition) is 6. The van der Waals surface area contributed by atoms with Crippen LogP contribution in [0.25, 0.3) is 11.0 Å². The van der Waals surface area contributed by atoms with Crippen molar-refractivity contribution >= 4 is 62.4 Å². The summed E-state index contributed by atoms with van der Waals surface area (Å²) in [5.74, 6) is 0.261. The number of rotatable bonds is 5. The van der Waals surface area contributed by atoms with Gasteiger partial charge >= 0.3 is 6.55 Å². The van der Waals surface area contributed by atoms with E-state index in [-0.39, 0.29) is 22.7 Å². The molecule has 0 amide bonds. The quantitative estimate of drug-likeness (QED) is 0.355. The molecule has 1 saturated heterocycles. The summed E-state index contributed by atoms with van der Waals surface area (Å²) in [4.78, 5) is 9.45. The molecule has 28 heavy (non-hydrogen) atoms. The number of thiophene rings is 1. The Labute approximate surface area is 182 Å². The van der Waals surface area contributed by atoms with Gasteiger partial charge in [-0.25, -0.2) is 4.98 Å². The van der Waals surface area contributed by atoms with Gasteiger partial charge in [-0.15, -0.1) is 11.3 Å². The summed E-state index contributed by atoms with van der Waals surface area (Å²) in [5, 5.41) is 5.07. The molecule has 1 fully saturated rings. The fraction of sp³-hybridized carbons (Fsp3) is 0.412. The van der Waals surface area contributed by atoms with Crippen molar-refractivity contribution in [3.8, 4) is 0 Å². The van der Waals surface area contributed by atoms with E-state index in [1.807, 2.05) is 40.1 Å². The molecule has 0 spiro atoms. The molecule has 0 bridgehead atoms. The Morgan fingerprint density at radius 3 is 2.96 bits per heavy atom. The SMILES string of the molecule is N[C@H]1CCCO[C@@H]1c1c(I)c2nc(Cl)nc(NCc3cccs3)c2n1C(F)F. The average Bonchev–Trinajstić information content (AvgIpc) is 3.27. The molecule has 11 heteroatoms. The number of nitrogens with one attached hydrogen (secondary N) is 1. The van der Waals surface area contributed by atoms with Gasteiger partial charge in [-0.3, -0.25) is 4.57 Å². The van der Waals surface area contributed by atoms with Crippen LogP contribution in [0.15, 0.2) is 17.5 Å². The zero-order chi connectivity index (χ0) is 19.8. The molecule has 0 unspecified atom stereocenters. The molecule has 0 aromatic carbocycles. The van der Waals surface area contributed by atoms with Gasteiger partial charge in [0.25, 0.3) is 0 Å². The van der Waals surface area contributed by atoms with Gasteiger partial charge in [0, 0.05) is 17.5 Å². The molecular formula is C17H17ClF2IN5OS. The van der Waals surface area contributed by atoms with Crippen molar-refractivity contribution < 1.29 is 13.5 Å². The Kier molecular flexibility index (Phi) is 6.02. The molecule has 1 aliphatic heterocycles. The van der Waals surface area contributed by atoms with Gasteiger partial charge in [0.15, 0.2) is 5.82 Å². The van der Waals surface area contributed by atoms with Gasteiger partial charge in [-0.2, -0.15) is 13.8 Å². The Morgan fingerprint density at radius 1 is 1.46 bits per heavy atom. The fourth-order valence-electron chi connectivity index (χ4n) is 3.41. The van der Waals surface area contributed by atoms with Crippen LogP contribution >= 0.6 is 45.5 Å². The van der Waals surface area contributed by atoms with Crippen LogP contribution in [0.3, 0.4) is 0 Å².